The third-order valence-corrected chi connectivity index (χ3v) is 7.99. The van der Waals surface area contributed by atoms with E-state index in [0.29, 0.717) is 49.3 Å². The Morgan fingerprint density at radius 3 is 2.61 bits per heavy atom. The molecule has 0 bridgehead atoms. The number of ether oxygens (including phenoxy) is 1. The fourth-order valence-corrected chi connectivity index (χ4v) is 5.87. The molecular weight excluding hydrogens is 610 g/mol. The van der Waals surface area contributed by atoms with Gasteiger partial charge in [0, 0.05) is 52.2 Å². The van der Waals surface area contributed by atoms with Crippen LogP contribution < -0.4 is 20.9 Å². The van der Waals surface area contributed by atoms with Gasteiger partial charge < -0.3 is 34.9 Å². The number of alkyl carbamates (subject to hydrolysis) is 1. The zero-order chi connectivity index (χ0) is 33.2. The van der Waals surface area contributed by atoms with Crippen molar-refractivity contribution in [2.45, 2.75) is 64.0 Å². The number of piperidine rings is 1. The molecule has 46 heavy (non-hydrogen) atoms. The van der Waals surface area contributed by atoms with E-state index < -0.39 is 41.9 Å². The third kappa shape index (κ3) is 7.98. The fourth-order valence-electron chi connectivity index (χ4n) is 5.87. The van der Waals surface area contributed by atoms with Crippen LogP contribution in [0.15, 0.2) is 35.1 Å². The van der Waals surface area contributed by atoms with E-state index in [1.54, 1.807) is 40.1 Å². The van der Waals surface area contributed by atoms with Crippen molar-refractivity contribution in [3.05, 3.63) is 41.9 Å². The fraction of sp³-hybridized carbons (Fsp3) is 0.548. The molecular formula is C31H39F4N7O4. The number of anilines is 3. The van der Waals surface area contributed by atoms with Crippen LogP contribution in [0.5, 0.6) is 0 Å². The molecule has 0 aromatic carbocycles. The summed E-state index contributed by atoms with van der Waals surface area (Å²) in [5.41, 5.74) is 1.33. The number of nitrogens with zero attached hydrogens (tertiary/aromatic N) is 4. The first-order valence-corrected chi connectivity index (χ1v) is 15.2. The molecule has 5 rings (SSSR count). The first-order chi connectivity index (χ1) is 21.7. The number of carbonyl (C=O) groups excluding carboxylic acids is 2. The van der Waals surface area contributed by atoms with E-state index >= 15 is 0 Å². The molecule has 0 aliphatic carbocycles. The Morgan fingerprint density at radius 2 is 1.93 bits per heavy atom. The number of hydrogen-bond donors (Lipinski definition) is 3. The summed E-state index contributed by atoms with van der Waals surface area (Å²) >= 11 is 0. The van der Waals surface area contributed by atoms with Crippen molar-refractivity contribution in [1.82, 2.24) is 20.2 Å². The Balaban J connectivity index is 1.36. The Morgan fingerprint density at radius 1 is 1.15 bits per heavy atom. The highest BCUT2D eigenvalue weighted by atomic mass is 19.4. The summed E-state index contributed by atoms with van der Waals surface area (Å²) < 4.78 is 66.8. The van der Waals surface area contributed by atoms with Crippen LogP contribution in [0.1, 0.15) is 49.5 Å². The smallest absolute Gasteiger partial charge is 0.407 e. The molecule has 2 saturated heterocycles. The second kappa shape index (κ2) is 13.3. The maximum Gasteiger partial charge on any atom is 0.407 e. The van der Waals surface area contributed by atoms with E-state index in [2.05, 4.69) is 30.8 Å². The van der Waals surface area contributed by atoms with Gasteiger partial charge in [0.05, 0.1) is 29.5 Å². The molecule has 5 heterocycles. The Kier molecular flexibility index (Phi) is 9.61. The van der Waals surface area contributed by atoms with Gasteiger partial charge in [0.25, 0.3) is 5.91 Å². The number of aromatic nitrogens is 2. The summed E-state index contributed by atoms with van der Waals surface area (Å²) in [6.07, 6.45) is -0.869. The summed E-state index contributed by atoms with van der Waals surface area (Å²) in [5, 5.41) is 8.22. The Hall–Kier alpha value is -4.14. The van der Waals surface area contributed by atoms with E-state index in [0.717, 1.165) is 5.56 Å². The number of fused-ring (bicyclic) bond motifs is 1. The summed E-state index contributed by atoms with van der Waals surface area (Å²) in [6, 6.07) is 2.44. The molecule has 3 aromatic rings. The van der Waals surface area contributed by atoms with Gasteiger partial charge in [-0.2, -0.15) is 13.2 Å². The minimum Gasteiger partial charge on any atom is -0.444 e. The highest BCUT2D eigenvalue weighted by molar-refractivity contribution is 6.15. The van der Waals surface area contributed by atoms with Crippen molar-refractivity contribution >= 4 is 40.4 Å². The van der Waals surface area contributed by atoms with Crippen LogP contribution in [0.25, 0.3) is 11.1 Å². The zero-order valence-corrected chi connectivity index (χ0v) is 26.2. The van der Waals surface area contributed by atoms with Crippen molar-refractivity contribution in [3.8, 4) is 0 Å². The van der Waals surface area contributed by atoms with E-state index in [1.807, 2.05) is 0 Å². The average molecular weight is 650 g/mol. The summed E-state index contributed by atoms with van der Waals surface area (Å²) in [6.45, 7) is 6.45. The molecule has 2 aliphatic rings. The van der Waals surface area contributed by atoms with Crippen LogP contribution in [0, 0.1) is 5.92 Å². The lowest BCUT2D eigenvalue weighted by molar-refractivity contribution is -0.177. The van der Waals surface area contributed by atoms with Crippen LogP contribution in [0.4, 0.5) is 39.6 Å². The van der Waals surface area contributed by atoms with E-state index in [4.69, 9.17) is 9.15 Å². The number of likely N-dealkylation sites (tertiary alicyclic amines) is 1. The Labute approximate surface area is 264 Å². The molecule has 2 aliphatic heterocycles. The maximum atomic E-state index is 14.0. The zero-order valence-electron chi connectivity index (χ0n) is 26.2. The molecule has 2 amide bonds. The summed E-state index contributed by atoms with van der Waals surface area (Å²) in [7, 11) is 1.59. The lowest BCUT2D eigenvalue weighted by Gasteiger charge is -2.40. The highest BCUT2D eigenvalue weighted by Crippen LogP contribution is 2.38. The second-order valence-electron chi connectivity index (χ2n) is 12.8. The number of carbonyl (C=O) groups is 2. The van der Waals surface area contributed by atoms with Gasteiger partial charge in [0.1, 0.15) is 22.9 Å². The number of hydrogen-bond acceptors (Lipinski definition) is 9. The first kappa shape index (κ1) is 33.2. The predicted octanol–water partition coefficient (Wildman–Crippen LogP) is 5.39. The number of alkyl halides is 4. The number of nitrogens with one attached hydrogen (secondary N) is 3. The Bertz CT molecular complexity index is 1560. The molecule has 0 radical (unpaired) electrons. The van der Waals surface area contributed by atoms with Crippen molar-refractivity contribution < 1.29 is 36.3 Å². The van der Waals surface area contributed by atoms with Gasteiger partial charge in [0.2, 0.25) is 5.88 Å². The van der Waals surface area contributed by atoms with Gasteiger partial charge >= 0.3 is 12.3 Å². The van der Waals surface area contributed by atoms with Crippen LogP contribution in [0.2, 0.25) is 0 Å². The van der Waals surface area contributed by atoms with Crippen molar-refractivity contribution in [2.24, 2.45) is 5.92 Å². The maximum absolute atomic E-state index is 14.0. The van der Waals surface area contributed by atoms with Crippen LogP contribution in [0.3, 0.4) is 0 Å². The molecule has 3 unspecified atom stereocenters. The van der Waals surface area contributed by atoms with Gasteiger partial charge in [-0.25, -0.2) is 9.18 Å². The average Bonchev–Trinajstić information content (AvgIpc) is 3.57. The van der Waals surface area contributed by atoms with Gasteiger partial charge in [-0.1, -0.05) is 0 Å². The molecule has 3 atom stereocenters. The molecule has 3 aromatic heterocycles. The summed E-state index contributed by atoms with van der Waals surface area (Å²) in [4.78, 5) is 38.2. The molecule has 3 N–H and O–H groups in total. The number of pyridine rings is 2. The third-order valence-electron chi connectivity index (χ3n) is 7.99. The van der Waals surface area contributed by atoms with Crippen molar-refractivity contribution in [3.63, 3.8) is 0 Å². The van der Waals surface area contributed by atoms with Crippen LogP contribution in [-0.2, 0) is 11.2 Å². The molecule has 0 saturated carbocycles. The van der Waals surface area contributed by atoms with Crippen molar-refractivity contribution in [2.75, 3.05) is 55.3 Å². The topological polar surface area (TPSA) is 125 Å². The molecule has 0 spiro atoms. The second-order valence-corrected chi connectivity index (χ2v) is 12.8. The quantitative estimate of drug-likeness (QED) is 0.276. The number of furan rings is 1. The number of amides is 2. The minimum atomic E-state index is -4.52. The monoisotopic (exact) mass is 649 g/mol. The van der Waals surface area contributed by atoms with E-state index in [9.17, 15) is 27.2 Å². The van der Waals surface area contributed by atoms with Gasteiger partial charge in [-0.05, 0) is 57.7 Å². The first-order valence-electron chi connectivity index (χ1n) is 15.2. The predicted molar refractivity (Wildman–Crippen MR) is 165 cm³/mol. The van der Waals surface area contributed by atoms with Gasteiger partial charge in [-0.3, -0.25) is 14.8 Å². The molecule has 15 heteroatoms. The van der Waals surface area contributed by atoms with E-state index in [1.165, 1.54) is 23.4 Å². The summed E-state index contributed by atoms with van der Waals surface area (Å²) in [5.74, 6) is -2.18. The SMILES string of the molecule is CNc1oc2cc(CCN3CCC(F)C3)cnc2c1C(=O)Nc1cnccc1N1CC(NC(=O)OC(C)(C)C)CC(C(F)(F)F)C1. The van der Waals surface area contributed by atoms with Crippen LogP contribution >= 0.6 is 0 Å². The normalized spacial score (nSPS) is 21.0. The lowest BCUT2D eigenvalue weighted by atomic mass is 9.93. The largest absolute Gasteiger partial charge is 0.444 e. The molecule has 250 valence electrons. The number of rotatable bonds is 8. The van der Waals surface area contributed by atoms with Crippen LogP contribution in [-0.4, -0.2) is 90.6 Å². The number of halogens is 4. The lowest BCUT2D eigenvalue weighted by Crippen LogP contribution is -2.54. The molecule has 2 fully saturated rings. The van der Waals surface area contributed by atoms with Gasteiger partial charge in [0.15, 0.2) is 5.58 Å². The minimum absolute atomic E-state index is 0.0445. The van der Waals surface area contributed by atoms with Gasteiger partial charge in [-0.15, -0.1) is 0 Å². The van der Waals surface area contributed by atoms with Crippen molar-refractivity contribution in [1.29, 1.82) is 0 Å². The van der Waals surface area contributed by atoms with E-state index in [-0.39, 0.29) is 36.6 Å². The molecule has 11 nitrogen and oxygen atoms in total. The highest BCUT2D eigenvalue weighted by Gasteiger charge is 2.45. The standard InChI is InChI=1S/C31H39F4N7O4/c1-30(2,3)46-29(44)39-21-12-19(31(33,34)35)15-42(17-21)23-5-8-37-14-22(23)40-27(43)25-26-24(45-28(25)36-4)11-18(13-38-26)6-9-41-10-7-20(32)16-41/h5,8,11,13-14,19-21,36H,6-7,9-10,12,15-17H2,1-4H3,(H,39,44)(H,40,43).